The smallest absolute Gasteiger partial charge is 0.224 e. The van der Waals surface area contributed by atoms with Gasteiger partial charge in [0.1, 0.15) is 6.54 Å². The number of carbonyl (C=O) groups excluding carboxylic acids is 1. The predicted octanol–water partition coefficient (Wildman–Crippen LogP) is 1.50. The zero-order valence-electron chi connectivity index (χ0n) is 14.5. The van der Waals surface area contributed by atoms with Crippen LogP contribution in [0, 0.1) is 0 Å². The number of nitrogens with zero attached hydrogens (tertiary/aromatic N) is 1. The van der Waals surface area contributed by atoms with E-state index in [-0.39, 0.29) is 22.5 Å². The summed E-state index contributed by atoms with van der Waals surface area (Å²) in [4.78, 5) is 12.4. The molecule has 0 aromatic carbocycles. The number of hydrogen-bond acceptors (Lipinski definition) is 1. The molecular formula is C18H34BrNO. The molecule has 0 spiro atoms. The highest BCUT2D eigenvalue weighted by Gasteiger charge is 2.68. The van der Waals surface area contributed by atoms with Crippen molar-refractivity contribution in [2.75, 3.05) is 20.6 Å². The molecule has 2 nitrogen and oxygen atoms in total. The summed E-state index contributed by atoms with van der Waals surface area (Å²) in [6, 6.07) is 0. The topological polar surface area (TPSA) is 17.1 Å². The number of ketones is 1. The molecule has 1 unspecified atom stereocenters. The molecule has 0 saturated carbocycles. The minimum Gasteiger partial charge on any atom is -1.00 e. The number of unbranched alkanes of at least 4 members (excludes halogenated alkanes) is 7. The van der Waals surface area contributed by atoms with E-state index in [1.54, 1.807) is 0 Å². The highest BCUT2D eigenvalue weighted by molar-refractivity contribution is 6.02. The van der Waals surface area contributed by atoms with Crippen LogP contribution in [0.25, 0.3) is 0 Å². The highest BCUT2D eigenvalue weighted by Crippen LogP contribution is 2.45. The van der Waals surface area contributed by atoms with Gasteiger partial charge in [-0.3, -0.25) is 4.79 Å². The Morgan fingerprint density at radius 3 is 1.86 bits per heavy atom. The third kappa shape index (κ3) is 5.52. The van der Waals surface area contributed by atoms with Gasteiger partial charge in [-0.15, -0.1) is 0 Å². The molecule has 1 aliphatic heterocycles. The minimum atomic E-state index is -0.131. The molecule has 1 aliphatic rings. The van der Waals surface area contributed by atoms with Crippen molar-refractivity contribution in [3.05, 3.63) is 12.2 Å². The van der Waals surface area contributed by atoms with E-state index in [9.17, 15) is 4.79 Å². The summed E-state index contributed by atoms with van der Waals surface area (Å²) >= 11 is 0. The van der Waals surface area contributed by atoms with Gasteiger partial charge in [-0.2, -0.15) is 0 Å². The molecule has 0 N–H and O–H groups in total. The van der Waals surface area contributed by atoms with Crippen molar-refractivity contribution in [1.29, 1.82) is 0 Å². The van der Waals surface area contributed by atoms with E-state index in [2.05, 4.69) is 27.6 Å². The summed E-state index contributed by atoms with van der Waals surface area (Å²) in [5, 5.41) is 0. The first kappa shape index (κ1) is 20.9. The molecule has 124 valence electrons. The van der Waals surface area contributed by atoms with Gasteiger partial charge in [-0.05, 0) is 18.9 Å². The van der Waals surface area contributed by atoms with Crippen LogP contribution in [0.2, 0.25) is 0 Å². The van der Waals surface area contributed by atoms with Crippen LogP contribution in [0.1, 0.15) is 71.6 Å². The van der Waals surface area contributed by atoms with Gasteiger partial charge in [0.15, 0.2) is 0 Å². The average Bonchev–Trinajstić information content (AvgIpc) is 2.94. The molecule has 1 heterocycles. The van der Waals surface area contributed by atoms with Gasteiger partial charge in [-0.25, -0.2) is 0 Å². The molecule has 1 saturated heterocycles. The summed E-state index contributed by atoms with van der Waals surface area (Å²) in [7, 11) is 4.34. The lowest BCUT2D eigenvalue weighted by molar-refractivity contribution is -0.780. The van der Waals surface area contributed by atoms with Crippen molar-refractivity contribution >= 4 is 5.78 Å². The van der Waals surface area contributed by atoms with Crippen LogP contribution in [0.4, 0.5) is 0 Å². The lowest BCUT2D eigenvalue weighted by Crippen LogP contribution is -3.00. The van der Waals surface area contributed by atoms with Crippen molar-refractivity contribution in [2.45, 2.75) is 77.2 Å². The Morgan fingerprint density at radius 1 is 1.05 bits per heavy atom. The van der Waals surface area contributed by atoms with Crippen LogP contribution >= 0.6 is 0 Å². The molecule has 0 aliphatic carbocycles. The second-order valence-electron chi connectivity index (χ2n) is 7.21. The molecule has 0 radical (unpaired) electrons. The number of halogens is 1. The van der Waals surface area contributed by atoms with Crippen molar-refractivity contribution in [2.24, 2.45) is 0 Å². The first-order valence-corrected chi connectivity index (χ1v) is 8.41. The summed E-state index contributed by atoms with van der Waals surface area (Å²) < 4.78 is 0.856. The Kier molecular flexibility index (Phi) is 9.03. The minimum absolute atomic E-state index is 0. The van der Waals surface area contributed by atoms with E-state index in [1.165, 1.54) is 51.4 Å². The normalized spacial score (nSPS) is 22.5. The standard InChI is InChI=1S/C18H34NO.BrH/c1-6-7-8-9-10-11-12-13-14-18(15-19(18,4)5)17(20)16(2)3;/h2,6-15H2,1,3-5H3;1H/q+1;/p-1. The first-order valence-electron chi connectivity index (χ1n) is 8.41. The fraction of sp³-hybridized carbons (Fsp3) is 0.833. The van der Waals surface area contributed by atoms with E-state index < -0.39 is 0 Å². The molecule has 3 heteroatoms. The Bertz CT molecular complexity index is 351. The van der Waals surface area contributed by atoms with Crippen molar-refractivity contribution in [3.63, 3.8) is 0 Å². The van der Waals surface area contributed by atoms with Gasteiger partial charge < -0.3 is 21.5 Å². The van der Waals surface area contributed by atoms with Crippen molar-refractivity contribution in [3.8, 4) is 0 Å². The fourth-order valence-corrected chi connectivity index (χ4v) is 3.41. The zero-order chi connectivity index (χ0) is 15.2. The third-order valence-corrected chi connectivity index (χ3v) is 4.97. The summed E-state index contributed by atoms with van der Waals surface area (Å²) in [5.74, 6) is 0.297. The van der Waals surface area contributed by atoms with Gasteiger partial charge in [-0.1, -0.05) is 58.4 Å². The van der Waals surface area contributed by atoms with E-state index in [0.29, 0.717) is 5.78 Å². The second-order valence-corrected chi connectivity index (χ2v) is 7.21. The van der Waals surface area contributed by atoms with Gasteiger partial charge in [0, 0.05) is 6.42 Å². The number of Topliss-reactive ketones (excluding diaryl/α,β-unsaturated/α-hetero) is 1. The molecule has 1 fully saturated rings. The predicted molar refractivity (Wildman–Crippen MR) is 86.8 cm³/mol. The number of hydrogen-bond donors (Lipinski definition) is 0. The van der Waals surface area contributed by atoms with E-state index in [1.807, 2.05) is 6.92 Å². The number of likely N-dealkylation sites (N-methyl/N-ethyl adjacent to an activating group) is 1. The quantitative estimate of drug-likeness (QED) is 0.236. The van der Waals surface area contributed by atoms with E-state index in [0.717, 1.165) is 23.0 Å². The SMILES string of the molecule is C=C(C)C(=O)C1(CCCCCCCCCC)C[N+]1(C)C.[Br-]. The maximum absolute atomic E-state index is 12.4. The van der Waals surface area contributed by atoms with Crippen LogP contribution in [0.15, 0.2) is 12.2 Å². The average molecular weight is 360 g/mol. The molecular weight excluding hydrogens is 326 g/mol. The molecule has 0 amide bonds. The summed E-state index contributed by atoms with van der Waals surface area (Å²) in [5.41, 5.74) is 0.599. The number of rotatable bonds is 11. The van der Waals surface area contributed by atoms with Crippen LogP contribution in [0.5, 0.6) is 0 Å². The number of carbonyl (C=O) groups is 1. The van der Waals surface area contributed by atoms with Crippen LogP contribution in [0.3, 0.4) is 0 Å². The largest absolute Gasteiger partial charge is 1.00 e. The highest BCUT2D eigenvalue weighted by atomic mass is 79.9. The Hall–Kier alpha value is -0.150. The van der Waals surface area contributed by atoms with Crippen molar-refractivity contribution < 1.29 is 26.3 Å². The Labute approximate surface area is 142 Å². The molecule has 1 atom stereocenters. The van der Waals surface area contributed by atoms with Gasteiger partial charge >= 0.3 is 0 Å². The Balaban J connectivity index is 0.00000400. The van der Waals surface area contributed by atoms with Gasteiger partial charge in [0.2, 0.25) is 11.3 Å². The number of quaternary nitrogens is 1. The monoisotopic (exact) mass is 359 g/mol. The lowest BCUT2D eigenvalue weighted by atomic mass is 9.92. The third-order valence-electron chi connectivity index (χ3n) is 4.97. The maximum Gasteiger partial charge on any atom is 0.224 e. The van der Waals surface area contributed by atoms with Crippen LogP contribution in [-0.2, 0) is 4.79 Å². The molecule has 0 aromatic rings. The first-order chi connectivity index (χ1) is 9.37. The second kappa shape index (κ2) is 9.09. The van der Waals surface area contributed by atoms with E-state index >= 15 is 0 Å². The Morgan fingerprint density at radius 2 is 1.48 bits per heavy atom. The summed E-state index contributed by atoms with van der Waals surface area (Å²) in [6.45, 7) is 8.96. The van der Waals surface area contributed by atoms with Gasteiger partial charge in [0.25, 0.3) is 0 Å². The van der Waals surface area contributed by atoms with Crippen LogP contribution < -0.4 is 17.0 Å². The fourth-order valence-electron chi connectivity index (χ4n) is 3.41. The van der Waals surface area contributed by atoms with Crippen molar-refractivity contribution in [1.82, 2.24) is 0 Å². The molecule has 1 rings (SSSR count). The molecule has 0 aromatic heterocycles. The van der Waals surface area contributed by atoms with Crippen LogP contribution in [-0.4, -0.2) is 36.4 Å². The molecule has 0 bridgehead atoms. The summed E-state index contributed by atoms with van der Waals surface area (Å²) in [6.07, 6.45) is 11.7. The lowest BCUT2D eigenvalue weighted by Gasteiger charge is -2.17. The molecule has 21 heavy (non-hydrogen) atoms. The zero-order valence-corrected chi connectivity index (χ0v) is 16.1. The van der Waals surface area contributed by atoms with E-state index in [4.69, 9.17) is 0 Å². The maximum atomic E-state index is 12.4. The van der Waals surface area contributed by atoms with Gasteiger partial charge in [0.05, 0.1) is 14.1 Å².